The summed E-state index contributed by atoms with van der Waals surface area (Å²) in [7, 11) is -0.701. The highest BCUT2D eigenvalue weighted by Crippen LogP contribution is 2.27. The summed E-state index contributed by atoms with van der Waals surface area (Å²) in [5.41, 5.74) is 0.961. The number of amides is 1. The lowest BCUT2D eigenvalue weighted by atomic mass is 10.1. The fourth-order valence-corrected chi connectivity index (χ4v) is 4.45. The summed E-state index contributed by atoms with van der Waals surface area (Å²) < 4.78 is 38.3. The molecule has 0 bridgehead atoms. The van der Waals surface area contributed by atoms with Gasteiger partial charge in [0.15, 0.2) is 11.5 Å². The van der Waals surface area contributed by atoms with Crippen molar-refractivity contribution in [1.82, 2.24) is 10.0 Å². The molecule has 3 aromatic carbocycles. The van der Waals surface area contributed by atoms with E-state index in [0.29, 0.717) is 24.5 Å². The molecule has 3 aromatic rings. The largest absolute Gasteiger partial charge is 0.493 e. The number of methoxy groups -OCH3 is 2. The maximum Gasteiger partial charge on any atom is 0.241 e. The molecule has 0 radical (unpaired) electrons. The summed E-state index contributed by atoms with van der Waals surface area (Å²) in [6, 6.07) is 17.0. The van der Waals surface area contributed by atoms with E-state index in [-0.39, 0.29) is 4.90 Å². The lowest BCUT2D eigenvalue weighted by molar-refractivity contribution is -0.122. The van der Waals surface area contributed by atoms with Crippen LogP contribution >= 0.6 is 0 Å². The summed E-state index contributed by atoms with van der Waals surface area (Å²) in [5, 5.41) is 4.53. The highest BCUT2D eigenvalue weighted by atomic mass is 32.2. The number of carbonyl (C=O) groups excluding carboxylic acids is 1. The van der Waals surface area contributed by atoms with Gasteiger partial charge in [-0.15, -0.1) is 0 Å². The van der Waals surface area contributed by atoms with Crippen molar-refractivity contribution in [3.05, 3.63) is 66.2 Å². The Bertz CT molecular complexity index is 1180. The molecular weight excluding hydrogens is 416 g/mol. The third-order valence-electron chi connectivity index (χ3n) is 4.92. The van der Waals surface area contributed by atoms with Crippen molar-refractivity contribution in [1.29, 1.82) is 0 Å². The molecular formula is C23H26N2O5S. The second-order valence-corrected chi connectivity index (χ2v) is 8.80. The van der Waals surface area contributed by atoms with Crippen LogP contribution in [0.15, 0.2) is 65.6 Å². The van der Waals surface area contributed by atoms with Crippen LogP contribution in [0, 0.1) is 0 Å². The van der Waals surface area contributed by atoms with Crippen LogP contribution in [0.25, 0.3) is 10.8 Å². The number of rotatable bonds is 9. The Morgan fingerprint density at radius 3 is 2.35 bits per heavy atom. The average Bonchev–Trinajstić information content (AvgIpc) is 2.78. The molecule has 8 heteroatoms. The van der Waals surface area contributed by atoms with Crippen LogP contribution in [-0.4, -0.2) is 41.1 Å². The van der Waals surface area contributed by atoms with Crippen molar-refractivity contribution in [3.8, 4) is 11.5 Å². The van der Waals surface area contributed by atoms with E-state index in [1.807, 2.05) is 36.4 Å². The second-order valence-electron chi connectivity index (χ2n) is 7.08. The number of benzene rings is 3. The normalized spacial score (nSPS) is 12.4. The Kier molecular flexibility index (Phi) is 7.14. The third-order valence-corrected chi connectivity index (χ3v) is 6.46. The highest BCUT2D eigenvalue weighted by Gasteiger charge is 2.22. The van der Waals surface area contributed by atoms with E-state index in [1.165, 1.54) is 13.0 Å². The van der Waals surface area contributed by atoms with E-state index in [2.05, 4.69) is 10.0 Å². The zero-order chi connectivity index (χ0) is 22.4. The molecule has 1 atom stereocenters. The van der Waals surface area contributed by atoms with Gasteiger partial charge in [-0.2, -0.15) is 4.72 Å². The minimum atomic E-state index is -3.83. The van der Waals surface area contributed by atoms with Crippen LogP contribution < -0.4 is 19.5 Å². The molecule has 7 nitrogen and oxygen atoms in total. The van der Waals surface area contributed by atoms with Gasteiger partial charge < -0.3 is 14.8 Å². The molecule has 0 aliphatic rings. The molecule has 0 heterocycles. The van der Waals surface area contributed by atoms with Crippen LogP contribution in [0.5, 0.6) is 11.5 Å². The number of ether oxygens (including phenoxy) is 2. The molecule has 0 aromatic heterocycles. The summed E-state index contributed by atoms with van der Waals surface area (Å²) in [6.07, 6.45) is 0.566. The number of fused-ring (bicyclic) bond motifs is 1. The maximum absolute atomic E-state index is 12.7. The Balaban J connectivity index is 1.58. The minimum Gasteiger partial charge on any atom is -0.493 e. The van der Waals surface area contributed by atoms with Gasteiger partial charge in [0.1, 0.15) is 0 Å². The Labute approximate surface area is 182 Å². The number of hydrogen-bond donors (Lipinski definition) is 2. The summed E-state index contributed by atoms with van der Waals surface area (Å²) >= 11 is 0. The van der Waals surface area contributed by atoms with Gasteiger partial charge in [0.05, 0.1) is 25.2 Å². The van der Waals surface area contributed by atoms with Gasteiger partial charge in [-0.1, -0.05) is 36.4 Å². The maximum atomic E-state index is 12.7. The van der Waals surface area contributed by atoms with E-state index >= 15 is 0 Å². The molecule has 31 heavy (non-hydrogen) atoms. The van der Waals surface area contributed by atoms with Gasteiger partial charge in [0.25, 0.3) is 0 Å². The Morgan fingerprint density at radius 1 is 0.935 bits per heavy atom. The topological polar surface area (TPSA) is 93.7 Å². The molecule has 2 N–H and O–H groups in total. The Hall–Kier alpha value is -3.10. The van der Waals surface area contributed by atoms with E-state index < -0.39 is 22.0 Å². The minimum absolute atomic E-state index is 0.121. The van der Waals surface area contributed by atoms with Gasteiger partial charge >= 0.3 is 0 Å². The zero-order valence-corrected chi connectivity index (χ0v) is 18.5. The average molecular weight is 443 g/mol. The van der Waals surface area contributed by atoms with Crippen LogP contribution in [0.2, 0.25) is 0 Å². The van der Waals surface area contributed by atoms with Crippen molar-refractivity contribution in [2.75, 3.05) is 20.8 Å². The van der Waals surface area contributed by atoms with Crippen molar-refractivity contribution in [3.63, 3.8) is 0 Å². The third kappa shape index (κ3) is 5.53. The van der Waals surface area contributed by atoms with Gasteiger partial charge in [-0.3, -0.25) is 4.79 Å². The standard InChI is InChI=1S/C23H26N2O5S/c1-16(23(26)24-13-12-17-8-11-21(29-2)22(14-17)30-3)25-31(27,28)20-10-9-18-6-4-5-7-19(18)15-20/h4-11,14-16,25H,12-13H2,1-3H3,(H,24,26)/t16-/m0/s1. The number of carbonyl (C=O) groups is 1. The van der Waals surface area contributed by atoms with Gasteiger partial charge in [-0.05, 0) is 53.9 Å². The predicted octanol–water partition coefficient (Wildman–Crippen LogP) is 2.88. The highest BCUT2D eigenvalue weighted by molar-refractivity contribution is 7.89. The summed E-state index contributed by atoms with van der Waals surface area (Å²) in [6.45, 7) is 1.88. The predicted molar refractivity (Wildman–Crippen MR) is 120 cm³/mol. The summed E-state index contributed by atoms with van der Waals surface area (Å²) in [4.78, 5) is 12.5. The first-order chi connectivity index (χ1) is 14.8. The van der Waals surface area contributed by atoms with Crippen LogP contribution in [-0.2, 0) is 21.2 Å². The van der Waals surface area contributed by atoms with Crippen LogP contribution in [0.1, 0.15) is 12.5 Å². The fraction of sp³-hybridized carbons (Fsp3) is 0.261. The molecule has 1 amide bonds. The number of sulfonamides is 1. The molecule has 3 rings (SSSR count). The molecule has 0 aliphatic carbocycles. The molecule has 0 aliphatic heterocycles. The van der Waals surface area contributed by atoms with Gasteiger partial charge in [0, 0.05) is 6.54 Å². The van der Waals surface area contributed by atoms with Crippen LogP contribution in [0.4, 0.5) is 0 Å². The number of hydrogen-bond acceptors (Lipinski definition) is 5. The first kappa shape index (κ1) is 22.6. The van der Waals surface area contributed by atoms with Crippen molar-refractivity contribution in [2.45, 2.75) is 24.3 Å². The fourth-order valence-electron chi connectivity index (χ4n) is 3.21. The molecule has 0 unspecified atom stereocenters. The first-order valence-electron chi connectivity index (χ1n) is 9.84. The quantitative estimate of drug-likeness (QED) is 0.532. The van der Waals surface area contributed by atoms with E-state index in [4.69, 9.17) is 9.47 Å². The van der Waals surface area contributed by atoms with Gasteiger partial charge in [-0.25, -0.2) is 8.42 Å². The lowest BCUT2D eigenvalue weighted by Gasteiger charge is -2.15. The Morgan fingerprint density at radius 2 is 1.65 bits per heavy atom. The smallest absolute Gasteiger partial charge is 0.241 e. The van der Waals surface area contributed by atoms with E-state index in [0.717, 1.165) is 16.3 Å². The lowest BCUT2D eigenvalue weighted by Crippen LogP contribution is -2.45. The molecule has 0 saturated heterocycles. The zero-order valence-electron chi connectivity index (χ0n) is 17.7. The van der Waals surface area contributed by atoms with E-state index in [9.17, 15) is 13.2 Å². The molecule has 0 saturated carbocycles. The van der Waals surface area contributed by atoms with Crippen molar-refractivity contribution in [2.24, 2.45) is 0 Å². The first-order valence-corrected chi connectivity index (χ1v) is 11.3. The monoisotopic (exact) mass is 442 g/mol. The van der Waals surface area contributed by atoms with E-state index in [1.54, 1.807) is 32.4 Å². The number of nitrogens with one attached hydrogen (secondary N) is 2. The SMILES string of the molecule is COc1ccc(CCNC(=O)[C@H](C)NS(=O)(=O)c2ccc3ccccc3c2)cc1OC. The molecule has 0 fully saturated rings. The second kappa shape index (κ2) is 9.80. The molecule has 164 valence electrons. The van der Waals surface area contributed by atoms with Crippen molar-refractivity contribution >= 4 is 26.7 Å². The van der Waals surface area contributed by atoms with Gasteiger partial charge in [0.2, 0.25) is 15.9 Å². The molecule has 0 spiro atoms. The van der Waals surface area contributed by atoms with Crippen LogP contribution in [0.3, 0.4) is 0 Å². The van der Waals surface area contributed by atoms with Crippen molar-refractivity contribution < 1.29 is 22.7 Å². The summed E-state index contributed by atoms with van der Waals surface area (Å²) in [5.74, 6) is 0.847.